The van der Waals surface area contributed by atoms with Crippen LogP contribution in [-0.2, 0) is 14.4 Å². The van der Waals surface area contributed by atoms with Crippen molar-refractivity contribution in [1.29, 1.82) is 0 Å². The molecule has 3 aliphatic rings. The van der Waals surface area contributed by atoms with E-state index in [4.69, 9.17) is 10.5 Å². The molecule has 1 aromatic rings. The Balaban J connectivity index is 1.59. The number of imide groups is 1. The molecule has 1 saturated heterocycles. The first kappa shape index (κ1) is 19.2. The normalized spacial score (nSPS) is 27.1. The predicted molar refractivity (Wildman–Crippen MR) is 103 cm³/mol. The topological polar surface area (TPSA) is 145 Å². The van der Waals surface area contributed by atoms with E-state index in [1.165, 1.54) is 18.3 Å². The summed E-state index contributed by atoms with van der Waals surface area (Å²) < 4.78 is 5.31. The molecule has 1 saturated carbocycles. The van der Waals surface area contributed by atoms with Crippen molar-refractivity contribution in [3.63, 3.8) is 0 Å². The second-order valence-electron chi connectivity index (χ2n) is 7.10. The van der Waals surface area contributed by atoms with E-state index in [0.29, 0.717) is 0 Å². The van der Waals surface area contributed by atoms with Gasteiger partial charge in [-0.2, -0.15) is 10.1 Å². The van der Waals surface area contributed by atoms with Crippen LogP contribution in [0.2, 0.25) is 0 Å². The van der Waals surface area contributed by atoms with E-state index in [-0.39, 0.29) is 51.3 Å². The van der Waals surface area contributed by atoms with Gasteiger partial charge in [-0.15, -0.1) is 0 Å². The fourth-order valence-electron chi connectivity index (χ4n) is 4.22. The molecule has 11 heteroatoms. The predicted octanol–water partition coefficient (Wildman–Crippen LogP) is 1.36. The summed E-state index contributed by atoms with van der Waals surface area (Å²) in [6.45, 7) is -0.525. The first-order chi connectivity index (χ1) is 13.8. The van der Waals surface area contributed by atoms with Crippen LogP contribution in [0.15, 0.2) is 33.9 Å². The van der Waals surface area contributed by atoms with Crippen LogP contribution in [0.1, 0.15) is 12.0 Å². The molecule has 0 spiro atoms. The zero-order valence-corrected chi connectivity index (χ0v) is 16.4. The lowest BCUT2D eigenvalue weighted by Crippen LogP contribution is -2.28. The zero-order chi connectivity index (χ0) is 20.9. The van der Waals surface area contributed by atoms with E-state index in [0.717, 1.165) is 11.4 Å². The van der Waals surface area contributed by atoms with Crippen LogP contribution in [0.5, 0.6) is 5.75 Å². The third kappa shape index (κ3) is 3.20. The van der Waals surface area contributed by atoms with Crippen molar-refractivity contribution in [2.75, 3.05) is 6.61 Å². The molecular weight excluding hydrogens is 448 g/mol. The minimum absolute atomic E-state index is 0.0681. The molecule has 0 aromatic heterocycles. The third-order valence-electron chi connectivity index (χ3n) is 5.37. The Kier molecular flexibility index (Phi) is 4.69. The molecule has 10 nitrogen and oxygen atoms in total. The number of nitro groups is 1. The van der Waals surface area contributed by atoms with Gasteiger partial charge in [0.25, 0.3) is 17.7 Å². The van der Waals surface area contributed by atoms with Crippen LogP contribution in [0.4, 0.5) is 5.69 Å². The van der Waals surface area contributed by atoms with Crippen molar-refractivity contribution in [1.82, 2.24) is 5.01 Å². The van der Waals surface area contributed by atoms with E-state index in [9.17, 15) is 24.5 Å². The Morgan fingerprint density at radius 2 is 1.93 bits per heavy atom. The molecule has 4 unspecified atom stereocenters. The molecule has 0 radical (unpaired) electrons. The van der Waals surface area contributed by atoms with Gasteiger partial charge in [-0.05, 0) is 40.3 Å². The Labute approximate surface area is 172 Å². The highest BCUT2D eigenvalue weighted by Crippen LogP contribution is 2.52. The number of nitro benzene ring substituents is 1. The van der Waals surface area contributed by atoms with E-state index in [1.807, 2.05) is 12.2 Å². The molecule has 1 aliphatic heterocycles. The molecule has 1 aromatic carbocycles. The van der Waals surface area contributed by atoms with Gasteiger partial charge >= 0.3 is 5.69 Å². The van der Waals surface area contributed by atoms with Gasteiger partial charge in [0.05, 0.1) is 27.4 Å². The molecule has 2 fully saturated rings. The van der Waals surface area contributed by atoms with Gasteiger partial charge in [0.1, 0.15) is 0 Å². The number of hydrazone groups is 1. The Morgan fingerprint density at radius 1 is 1.31 bits per heavy atom. The SMILES string of the molecule is NC(=O)COc1c(Br)cc(C=NN2C(=O)C3C4C=CC(C4)C3C2=O)cc1[N+](=O)[O-]. The molecule has 2 N–H and O–H groups in total. The summed E-state index contributed by atoms with van der Waals surface area (Å²) in [5.41, 5.74) is 4.86. The number of nitrogens with zero attached hydrogens (tertiary/aromatic N) is 3. The molecule has 4 atom stereocenters. The molecule has 2 bridgehead atoms. The summed E-state index contributed by atoms with van der Waals surface area (Å²) in [5.74, 6) is -2.24. The van der Waals surface area contributed by atoms with Gasteiger partial charge in [-0.1, -0.05) is 12.2 Å². The average molecular weight is 463 g/mol. The van der Waals surface area contributed by atoms with Gasteiger partial charge < -0.3 is 10.5 Å². The number of primary amides is 1. The molecular formula is C18H15BrN4O6. The van der Waals surface area contributed by atoms with E-state index in [2.05, 4.69) is 21.0 Å². The van der Waals surface area contributed by atoms with Crippen LogP contribution >= 0.6 is 15.9 Å². The minimum Gasteiger partial charge on any atom is -0.476 e. The first-order valence-electron chi connectivity index (χ1n) is 8.77. The number of allylic oxidation sites excluding steroid dienone is 2. The van der Waals surface area contributed by atoms with Crippen molar-refractivity contribution < 1.29 is 24.0 Å². The third-order valence-corrected chi connectivity index (χ3v) is 5.96. The first-order valence-corrected chi connectivity index (χ1v) is 9.56. The van der Waals surface area contributed by atoms with Crippen LogP contribution in [0, 0.1) is 33.8 Å². The van der Waals surface area contributed by atoms with Gasteiger partial charge in [0.2, 0.25) is 5.75 Å². The van der Waals surface area contributed by atoms with Crippen LogP contribution in [0.25, 0.3) is 0 Å². The van der Waals surface area contributed by atoms with E-state index in [1.54, 1.807) is 0 Å². The van der Waals surface area contributed by atoms with Crippen LogP contribution in [0.3, 0.4) is 0 Å². The number of hydrogen-bond acceptors (Lipinski definition) is 7. The Bertz CT molecular complexity index is 976. The second-order valence-corrected chi connectivity index (χ2v) is 7.95. The number of carbonyl (C=O) groups is 3. The number of hydrogen-bond donors (Lipinski definition) is 1. The molecule has 29 heavy (non-hydrogen) atoms. The Morgan fingerprint density at radius 3 is 2.48 bits per heavy atom. The number of fused-ring (bicyclic) bond motifs is 5. The van der Waals surface area contributed by atoms with Crippen molar-refractivity contribution in [2.45, 2.75) is 6.42 Å². The summed E-state index contributed by atoms with van der Waals surface area (Å²) in [7, 11) is 0. The smallest absolute Gasteiger partial charge is 0.312 e. The van der Waals surface area contributed by atoms with E-state index >= 15 is 0 Å². The molecule has 1 heterocycles. The summed E-state index contributed by atoms with van der Waals surface area (Å²) in [4.78, 5) is 46.8. The lowest BCUT2D eigenvalue weighted by atomic mass is 9.85. The van der Waals surface area contributed by atoms with E-state index < -0.39 is 23.1 Å². The molecule has 150 valence electrons. The Hall–Kier alpha value is -3.08. The standard InChI is InChI=1S/C18H15BrN4O6/c19-11-3-8(4-12(23(27)28)16(11)29-7-13(20)24)6-21-22-17(25)14-9-1-2-10(5-9)15(14)18(22)26/h1-4,6,9-10,14-15H,5,7H2,(H2,20,24). The maximum Gasteiger partial charge on any atom is 0.312 e. The fourth-order valence-corrected chi connectivity index (χ4v) is 4.80. The lowest BCUT2D eigenvalue weighted by molar-refractivity contribution is -0.385. The second kappa shape index (κ2) is 7.07. The van der Waals surface area contributed by atoms with Gasteiger partial charge in [0, 0.05) is 11.6 Å². The van der Waals surface area contributed by atoms with Crippen molar-refractivity contribution in [3.05, 3.63) is 44.4 Å². The molecule has 3 amide bonds. The number of ether oxygens (including phenoxy) is 1. The van der Waals surface area contributed by atoms with Gasteiger partial charge in [0.15, 0.2) is 6.61 Å². The highest BCUT2D eigenvalue weighted by Gasteiger charge is 2.59. The van der Waals surface area contributed by atoms with Crippen LogP contribution < -0.4 is 10.5 Å². The summed E-state index contributed by atoms with van der Waals surface area (Å²) >= 11 is 3.16. The maximum atomic E-state index is 12.6. The van der Waals surface area contributed by atoms with Crippen molar-refractivity contribution in [2.24, 2.45) is 34.5 Å². The zero-order valence-electron chi connectivity index (χ0n) is 14.9. The number of nitrogens with two attached hydrogens (primary N) is 1. The highest BCUT2D eigenvalue weighted by molar-refractivity contribution is 9.10. The molecule has 4 rings (SSSR count). The van der Waals surface area contributed by atoms with Crippen molar-refractivity contribution in [3.8, 4) is 5.75 Å². The number of halogens is 1. The average Bonchev–Trinajstić information content (AvgIpc) is 3.33. The number of carbonyl (C=O) groups excluding carboxylic acids is 3. The monoisotopic (exact) mass is 462 g/mol. The fraction of sp³-hybridized carbons (Fsp3) is 0.333. The van der Waals surface area contributed by atoms with Gasteiger partial charge in [-0.25, -0.2) is 0 Å². The van der Waals surface area contributed by atoms with Gasteiger partial charge in [-0.3, -0.25) is 24.5 Å². The van der Waals surface area contributed by atoms with Crippen LogP contribution in [-0.4, -0.2) is 40.5 Å². The summed E-state index contributed by atoms with van der Waals surface area (Å²) in [5, 5.41) is 16.2. The number of benzene rings is 1. The summed E-state index contributed by atoms with van der Waals surface area (Å²) in [6, 6.07) is 2.63. The largest absolute Gasteiger partial charge is 0.476 e. The minimum atomic E-state index is -0.781. The number of rotatable bonds is 6. The maximum absolute atomic E-state index is 12.6. The lowest BCUT2D eigenvalue weighted by Gasteiger charge is -2.13. The summed E-state index contributed by atoms with van der Waals surface area (Å²) in [6.07, 6.45) is 5.99. The number of amides is 3. The van der Waals surface area contributed by atoms with Crippen molar-refractivity contribution >= 4 is 45.6 Å². The molecule has 2 aliphatic carbocycles. The quantitative estimate of drug-likeness (QED) is 0.222. The highest BCUT2D eigenvalue weighted by atomic mass is 79.9.